The van der Waals surface area contributed by atoms with E-state index in [0.29, 0.717) is 0 Å². The minimum atomic E-state index is 0.100. The lowest BCUT2D eigenvalue weighted by Gasteiger charge is -2.22. The quantitative estimate of drug-likeness (QED) is 0.594. The Morgan fingerprint density at radius 3 is 2.53 bits per heavy atom. The van der Waals surface area contributed by atoms with Gasteiger partial charge in [0.1, 0.15) is 0 Å². The molecule has 0 amide bonds. The largest absolute Gasteiger partial charge is 0.371 e. The highest BCUT2D eigenvalue weighted by Gasteiger charge is 2.11. The van der Waals surface area contributed by atoms with Crippen molar-refractivity contribution in [3.8, 4) is 0 Å². The third-order valence-corrected chi connectivity index (χ3v) is 3.42. The van der Waals surface area contributed by atoms with Crippen LogP contribution in [-0.4, -0.2) is 18.9 Å². The van der Waals surface area contributed by atoms with Crippen LogP contribution in [0.1, 0.15) is 31.1 Å². The zero-order valence-corrected chi connectivity index (χ0v) is 10.9. The van der Waals surface area contributed by atoms with Crippen LogP contribution < -0.4 is 4.90 Å². The van der Waals surface area contributed by atoms with Crippen LogP contribution in [0.3, 0.4) is 0 Å². The molecule has 0 N–H and O–H groups in total. The molecule has 0 bridgehead atoms. The predicted molar refractivity (Wildman–Crippen MR) is 68.7 cm³/mol. The Labute approximate surface area is 99.6 Å². The van der Waals surface area contributed by atoms with Crippen LogP contribution in [0.2, 0.25) is 0 Å². The van der Waals surface area contributed by atoms with E-state index < -0.39 is 0 Å². The Balaban J connectivity index is 3.29. The van der Waals surface area contributed by atoms with Crippen molar-refractivity contribution < 1.29 is 4.79 Å². The molecule has 4 heteroatoms. The maximum absolute atomic E-state index is 11.5. The van der Waals surface area contributed by atoms with Gasteiger partial charge in [-0.05, 0) is 26.8 Å². The van der Waals surface area contributed by atoms with Gasteiger partial charge in [0.15, 0.2) is 5.78 Å². The minimum Gasteiger partial charge on any atom is -0.371 e. The van der Waals surface area contributed by atoms with Crippen LogP contribution in [0, 0.1) is 3.82 Å². The van der Waals surface area contributed by atoms with Crippen LogP contribution in [-0.2, 0) is 0 Å². The van der Waals surface area contributed by atoms with Crippen LogP contribution in [0.15, 0.2) is 11.4 Å². The fraction of sp³-hybridized carbons (Fsp3) is 0.455. The fourth-order valence-electron chi connectivity index (χ4n) is 1.49. The van der Waals surface area contributed by atoms with E-state index in [1.165, 1.54) is 11.3 Å². The number of nitrogens with zero attached hydrogens (tertiary/aromatic N) is 1. The summed E-state index contributed by atoms with van der Waals surface area (Å²) >= 11 is 6.58. The molecule has 1 heterocycles. The van der Waals surface area contributed by atoms with Crippen molar-refractivity contribution in [1.82, 2.24) is 0 Å². The zero-order valence-electron chi connectivity index (χ0n) is 9.24. The Bertz CT molecular complexity index is 407. The van der Waals surface area contributed by atoms with Gasteiger partial charge in [0.25, 0.3) is 0 Å². The predicted octanol–water partition coefficient (Wildman–Crippen LogP) is 3.53. The lowest BCUT2D eigenvalue weighted by molar-refractivity contribution is 0.101. The van der Waals surface area contributed by atoms with Gasteiger partial charge >= 0.3 is 0 Å². The molecule has 0 unspecified atom stereocenters. The van der Waals surface area contributed by atoms with E-state index in [4.69, 9.17) is 12.2 Å². The number of carbonyl (C=O) groups is 1. The molecule has 0 fully saturated rings. The molecule has 0 saturated carbocycles. The van der Waals surface area contributed by atoms with E-state index in [9.17, 15) is 4.79 Å². The summed E-state index contributed by atoms with van der Waals surface area (Å²) in [6.45, 7) is 7.53. The van der Waals surface area contributed by atoms with E-state index in [1.54, 1.807) is 6.92 Å². The van der Waals surface area contributed by atoms with Crippen LogP contribution in [0.25, 0.3) is 0 Å². The first-order chi connectivity index (χ1) is 7.10. The molecule has 15 heavy (non-hydrogen) atoms. The monoisotopic (exact) mass is 241 g/mol. The Kier molecular flexibility index (Phi) is 4.42. The van der Waals surface area contributed by atoms with Gasteiger partial charge in [-0.25, -0.2) is 0 Å². The molecule has 0 aliphatic carbocycles. The Hall–Kier alpha value is -0.740. The van der Waals surface area contributed by atoms with Gasteiger partial charge in [-0.1, -0.05) is 12.2 Å². The molecular weight excluding hydrogens is 226 g/mol. The third-order valence-electron chi connectivity index (χ3n) is 2.31. The topological polar surface area (TPSA) is 20.3 Å². The smallest absolute Gasteiger partial charge is 0.162 e. The maximum atomic E-state index is 11.5. The standard InChI is InChI=1S/C11H15NOS2/c1-4-12(5-2)10-6-11(14)15-7-9(10)8(3)13/h6-7H,4-5H2,1-3H3. The highest BCUT2D eigenvalue weighted by molar-refractivity contribution is 7.73. The molecular formula is C11H15NOS2. The van der Waals surface area contributed by atoms with E-state index in [0.717, 1.165) is 28.2 Å². The highest BCUT2D eigenvalue weighted by Crippen LogP contribution is 2.23. The third kappa shape index (κ3) is 2.86. The summed E-state index contributed by atoms with van der Waals surface area (Å²) in [5.41, 5.74) is 1.74. The first-order valence-corrected chi connectivity index (χ1v) is 6.27. The zero-order chi connectivity index (χ0) is 11.4. The summed E-state index contributed by atoms with van der Waals surface area (Å²) in [5, 5.41) is 1.86. The molecule has 0 spiro atoms. The second kappa shape index (κ2) is 5.37. The van der Waals surface area contributed by atoms with Gasteiger partial charge < -0.3 is 4.90 Å². The molecule has 82 valence electrons. The molecule has 0 aliphatic rings. The van der Waals surface area contributed by atoms with Gasteiger partial charge in [0.05, 0.1) is 15.1 Å². The molecule has 1 aromatic heterocycles. The van der Waals surface area contributed by atoms with Crippen molar-refractivity contribution in [3.63, 3.8) is 0 Å². The number of ketones is 1. The van der Waals surface area contributed by atoms with E-state index in [2.05, 4.69) is 18.7 Å². The second-order valence-electron chi connectivity index (χ2n) is 3.23. The summed E-state index contributed by atoms with van der Waals surface area (Å²) in [5.74, 6) is 0.100. The second-order valence-corrected chi connectivity index (χ2v) is 4.84. The van der Waals surface area contributed by atoms with Crippen molar-refractivity contribution >= 4 is 35.0 Å². The number of rotatable bonds is 4. The van der Waals surface area contributed by atoms with E-state index in [1.807, 2.05) is 11.4 Å². The van der Waals surface area contributed by atoms with Crippen molar-refractivity contribution in [3.05, 3.63) is 20.8 Å². The normalized spacial score (nSPS) is 10.1. The molecule has 1 aromatic rings. The maximum Gasteiger partial charge on any atom is 0.162 e. The first-order valence-electron chi connectivity index (χ1n) is 4.98. The van der Waals surface area contributed by atoms with E-state index in [-0.39, 0.29) is 5.78 Å². The van der Waals surface area contributed by atoms with E-state index >= 15 is 0 Å². The summed E-state index contributed by atoms with van der Waals surface area (Å²) < 4.78 is 0.821. The van der Waals surface area contributed by atoms with Gasteiger partial charge in [-0.2, -0.15) is 0 Å². The highest BCUT2D eigenvalue weighted by atomic mass is 32.1. The summed E-state index contributed by atoms with van der Waals surface area (Å²) in [6, 6.07) is 1.92. The summed E-state index contributed by atoms with van der Waals surface area (Å²) in [6.07, 6.45) is 0. The van der Waals surface area contributed by atoms with Crippen LogP contribution >= 0.6 is 23.6 Å². The van der Waals surface area contributed by atoms with Gasteiger partial charge in [0, 0.05) is 18.5 Å². The van der Waals surface area contributed by atoms with Gasteiger partial charge in [-0.15, -0.1) is 11.3 Å². The number of hydrogen-bond donors (Lipinski definition) is 0. The number of hydrogen-bond acceptors (Lipinski definition) is 4. The lowest BCUT2D eigenvalue weighted by Crippen LogP contribution is -2.23. The first kappa shape index (κ1) is 12.3. The van der Waals surface area contributed by atoms with Crippen molar-refractivity contribution in [1.29, 1.82) is 0 Å². The molecule has 2 nitrogen and oxygen atoms in total. The molecule has 0 radical (unpaired) electrons. The SMILES string of the molecule is CCN(CC)c1cc(=S)scc1C(C)=O. The summed E-state index contributed by atoms with van der Waals surface area (Å²) in [4.78, 5) is 13.6. The summed E-state index contributed by atoms with van der Waals surface area (Å²) in [7, 11) is 0. The van der Waals surface area contributed by atoms with Crippen molar-refractivity contribution in [2.45, 2.75) is 20.8 Å². The molecule has 0 saturated heterocycles. The Morgan fingerprint density at radius 2 is 2.07 bits per heavy atom. The molecule has 0 atom stereocenters. The molecule has 1 rings (SSSR count). The Morgan fingerprint density at radius 1 is 1.47 bits per heavy atom. The average molecular weight is 241 g/mol. The van der Waals surface area contributed by atoms with Crippen LogP contribution in [0.4, 0.5) is 5.69 Å². The van der Waals surface area contributed by atoms with Crippen molar-refractivity contribution in [2.24, 2.45) is 0 Å². The van der Waals surface area contributed by atoms with Crippen LogP contribution in [0.5, 0.6) is 0 Å². The number of carbonyl (C=O) groups excluding carboxylic acids is 1. The van der Waals surface area contributed by atoms with Gasteiger partial charge in [-0.3, -0.25) is 4.79 Å². The lowest BCUT2D eigenvalue weighted by atomic mass is 10.2. The molecule has 0 aliphatic heterocycles. The van der Waals surface area contributed by atoms with Crippen molar-refractivity contribution in [2.75, 3.05) is 18.0 Å². The minimum absolute atomic E-state index is 0.100. The van der Waals surface area contributed by atoms with Gasteiger partial charge in [0.2, 0.25) is 0 Å². The number of anilines is 1. The molecule has 0 aromatic carbocycles. The average Bonchev–Trinajstić information content (AvgIpc) is 2.19. The fourth-order valence-corrected chi connectivity index (χ4v) is 2.45. The number of Topliss-reactive ketones (excluding diaryl/α,β-unsaturated/α-hetero) is 1.